The van der Waals surface area contributed by atoms with Gasteiger partial charge >= 0.3 is 0 Å². The summed E-state index contributed by atoms with van der Waals surface area (Å²) >= 11 is 3.32. The third-order valence-electron chi connectivity index (χ3n) is 2.76. The number of amides is 1. The van der Waals surface area contributed by atoms with Crippen LogP contribution in [0.15, 0.2) is 34.9 Å². The number of halogens is 1. The Morgan fingerprint density at radius 2 is 2.18 bits per heavy atom. The number of pyridine rings is 1. The number of primary amides is 1. The number of rotatable bonds is 5. The van der Waals surface area contributed by atoms with E-state index in [1.165, 1.54) is 7.11 Å². The lowest BCUT2D eigenvalue weighted by Gasteiger charge is -2.11. The van der Waals surface area contributed by atoms with Crippen molar-refractivity contribution in [2.75, 3.05) is 12.4 Å². The standard InChI is InChI=1S/C13H11BrN4O4/c1-22-11-4-7(2-3-10(11)14)17-13-9(12(15)19)5-8(6-16-13)18(20)21/h2-6H,1H3,(H2,15,19)(H,16,17). The minimum Gasteiger partial charge on any atom is -0.495 e. The molecule has 9 heteroatoms. The summed E-state index contributed by atoms with van der Waals surface area (Å²) in [6, 6.07) is 6.22. The average Bonchev–Trinajstić information content (AvgIpc) is 2.49. The summed E-state index contributed by atoms with van der Waals surface area (Å²) in [5, 5.41) is 13.6. The van der Waals surface area contributed by atoms with Crippen molar-refractivity contribution in [1.29, 1.82) is 0 Å². The second-order valence-electron chi connectivity index (χ2n) is 4.19. The third kappa shape index (κ3) is 3.31. The van der Waals surface area contributed by atoms with Gasteiger partial charge in [0, 0.05) is 17.8 Å². The van der Waals surface area contributed by atoms with Gasteiger partial charge in [0.25, 0.3) is 11.6 Å². The third-order valence-corrected chi connectivity index (χ3v) is 3.42. The van der Waals surface area contributed by atoms with Crippen LogP contribution in [0, 0.1) is 10.1 Å². The predicted octanol–water partition coefficient (Wildman–Crippen LogP) is 2.60. The molecule has 0 aliphatic rings. The van der Waals surface area contributed by atoms with Gasteiger partial charge in [-0.25, -0.2) is 4.98 Å². The van der Waals surface area contributed by atoms with Crippen molar-refractivity contribution < 1.29 is 14.5 Å². The molecule has 8 nitrogen and oxygen atoms in total. The van der Waals surface area contributed by atoms with E-state index in [-0.39, 0.29) is 17.1 Å². The molecule has 1 aromatic heterocycles. The van der Waals surface area contributed by atoms with Gasteiger partial charge in [-0.05, 0) is 28.1 Å². The molecule has 2 aromatic rings. The second kappa shape index (κ2) is 6.39. The molecule has 0 unspecified atom stereocenters. The largest absolute Gasteiger partial charge is 0.495 e. The molecule has 0 atom stereocenters. The quantitative estimate of drug-likeness (QED) is 0.619. The van der Waals surface area contributed by atoms with E-state index in [9.17, 15) is 14.9 Å². The lowest BCUT2D eigenvalue weighted by Crippen LogP contribution is -2.14. The van der Waals surface area contributed by atoms with Crippen LogP contribution in [0.3, 0.4) is 0 Å². The van der Waals surface area contributed by atoms with Gasteiger partial charge in [0.1, 0.15) is 17.8 Å². The fourth-order valence-electron chi connectivity index (χ4n) is 1.72. The van der Waals surface area contributed by atoms with E-state index in [0.29, 0.717) is 11.4 Å². The number of benzene rings is 1. The van der Waals surface area contributed by atoms with Crippen LogP contribution in [0.5, 0.6) is 5.75 Å². The zero-order valence-corrected chi connectivity index (χ0v) is 13.0. The molecule has 1 aromatic carbocycles. The topological polar surface area (TPSA) is 120 Å². The van der Waals surface area contributed by atoms with Crippen LogP contribution < -0.4 is 15.8 Å². The first kappa shape index (κ1) is 15.7. The Labute approximate surface area is 133 Å². The molecule has 0 fully saturated rings. The zero-order chi connectivity index (χ0) is 16.3. The van der Waals surface area contributed by atoms with E-state index in [1.54, 1.807) is 18.2 Å². The van der Waals surface area contributed by atoms with Crippen LogP contribution in [0.2, 0.25) is 0 Å². The highest BCUT2D eigenvalue weighted by Crippen LogP contribution is 2.30. The number of aromatic nitrogens is 1. The number of anilines is 2. The minimum atomic E-state index is -0.817. The average molecular weight is 367 g/mol. The number of nitrogens with zero attached hydrogens (tertiary/aromatic N) is 2. The summed E-state index contributed by atoms with van der Waals surface area (Å²) in [4.78, 5) is 25.4. The highest BCUT2D eigenvalue weighted by atomic mass is 79.9. The maximum Gasteiger partial charge on any atom is 0.288 e. The van der Waals surface area contributed by atoms with Gasteiger partial charge in [0.15, 0.2) is 0 Å². The summed E-state index contributed by atoms with van der Waals surface area (Å²) in [6.07, 6.45) is 1.05. The number of nitro groups is 1. The van der Waals surface area contributed by atoms with Crippen molar-refractivity contribution in [3.63, 3.8) is 0 Å². The maximum atomic E-state index is 11.5. The van der Waals surface area contributed by atoms with Gasteiger partial charge in [0.05, 0.1) is 22.1 Å². The van der Waals surface area contributed by atoms with Crippen molar-refractivity contribution in [2.24, 2.45) is 5.73 Å². The molecular formula is C13H11BrN4O4. The summed E-state index contributed by atoms with van der Waals surface area (Å²) in [5.74, 6) is -0.113. The summed E-state index contributed by atoms with van der Waals surface area (Å²) in [6.45, 7) is 0. The Morgan fingerprint density at radius 1 is 1.45 bits per heavy atom. The van der Waals surface area contributed by atoms with Crippen LogP contribution in [0.25, 0.3) is 0 Å². The molecule has 0 aliphatic heterocycles. The Morgan fingerprint density at radius 3 is 2.77 bits per heavy atom. The summed E-state index contributed by atoms with van der Waals surface area (Å²) in [5.41, 5.74) is 5.45. The van der Waals surface area contributed by atoms with Gasteiger partial charge in [-0.3, -0.25) is 14.9 Å². The molecular weight excluding hydrogens is 356 g/mol. The first-order valence-electron chi connectivity index (χ1n) is 5.97. The monoisotopic (exact) mass is 366 g/mol. The van der Waals surface area contributed by atoms with Crippen LogP contribution in [0.1, 0.15) is 10.4 Å². The minimum absolute atomic E-state index is 0.0731. The second-order valence-corrected chi connectivity index (χ2v) is 5.04. The number of carbonyl (C=O) groups excluding carboxylic acids is 1. The number of hydrogen-bond donors (Lipinski definition) is 2. The molecule has 0 bridgehead atoms. The first-order valence-corrected chi connectivity index (χ1v) is 6.76. The molecule has 0 saturated carbocycles. The first-order chi connectivity index (χ1) is 10.4. The molecule has 2 rings (SSSR count). The van der Waals surface area contributed by atoms with Gasteiger partial charge in [-0.15, -0.1) is 0 Å². The zero-order valence-electron chi connectivity index (χ0n) is 11.4. The van der Waals surface area contributed by atoms with Crippen molar-refractivity contribution >= 4 is 39.0 Å². The molecule has 22 heavy (non-hydrogen) atoms. The van der Waals surface area contributed by atoms with E-state index in [0.717, 1.165) is 16.7 Å². The number of nitrogens with one attached hydrogen (secondary N) is 1. The van der Waals surface area contributed by atoms with Crippen LogP contribution in [0.4, 0.5) is 17.2 Å². The number of ether oxygens (including phenoxy) is 1. The number of nitrogens with two attached hydrogens (primary N) is 1. The SMILES string of the molecule is COc1cc(Nc2ncc([N+](=O)[O-])cc2C(N)=O)ccc1Br. The van der Waals surface area contributed by atoms with Crippen LogP contribution in [-0.2, 0) is 0 Å². The van der Waals surface area contributed by atoms with Crippen molar-refractivity contribution in [2.45, 2.75) is 0 Å². The lowest BCUT2D eigenvalue weighted by atomic mass is 10.2. The van der Waals surface area contributed by atoms with Crippen LogP contribution in [-0.4, -0.2) is 22.9 Å². The Kier molecular flexibility index (Phi) is 4.56. The molecule has 114 valence electrons. The van der Waals surface area contributed by atoms with Gasteiger partial charge < -0.3 is 15.8 Å². The van der Waals surface area contributed by atoms with Crippen molar-refractivity contribution in [1.82, 2.24) is 4.98 Å². The van der Waals surface area contributed by atoms with E-state index < -0.39 is 10.8 Å². The Hall–Kier alpha value is -2.68. The fraction of sp³-hybridized carbons (Fsp3) is 0.0769. The van der Waals surface area contributed by atoms with Crippen molar-refractivity contribution in [3.05, 3.63) is 50.6 Å². The molecule has 1 amide bonds. The number of methoxy groups -OCH3 is 1. The molecule has 1 heterocycles. The molecule has 0 spiro atoms. The molecule has 0 radical (unpaired) electrons. The van der Waals surface area contributed by atoms with Crippen molar-refractivity contribution in [3.8, 4) is 5.75 Å². The highest BCUT2D eigenvalue weighted by Gasteiger charge is 2.16. The fourth-order valence-corrected chi connectivity index (χ4v) is 2.12. The number of hydrogen-bond acceptors (Lipinski definition) is 6. The van der Waals surface area contributed by atoms with Crippen LogP contribution >= 0.6 is 15.9 Å². The van der Waals surface area contributed by atoms with E-state index in [2.05, 4.69) is 26.2 Å². The van der Waals surface area contributed by atoms with E-state index in [1.807, 2.05) is 0 Å². The molecule has 0 aliphatic carbocycles. The normalized spacial score (nSPS) is 10.1. The molecule has 3 N–H and O–H groups in total. The van der Waals surface area contributed by atoms with Gasteiger partial charge in [-0.2, -0.15) is 0 Å². The van der Waals surface area contributed by atoms with E-state index >= 15 is 0 Å². The highest BCUT2D eigenvalue weighted by molar-refractivity contribution is 9.10. The number of carbonyl (C=O) groups is 1. The van der Waals surface area contributed by atoms with E-state index in [4.69, 9.17) is 10.5 Å². The lowest BCUT2D eigenvalue weighted by molar-refractivity contribution is -0.385. The maximum absolute atomic E-state index is 11.5. The smallest absolute Gasteiger partial charge is 0.288 e. The predicted molar refractivity (Wildman–Crippen MR) is 83.4 cm³/mol. The van der Waals surface area contributed by atoms with Gasteiger partial charge in [-0.1, -0.05) is 0 Å². The Bertz CT molecular complexity index is 751. The molecule has 0 saturated heterocycles. The van der Waals surface area contributed by atoms with Gasteiger partial charge in [0.2, 0.25) is 0 Å². The summed E-state index contributed by atoms with van der Waals surface area (Å²) < 4.78 is 5.92. The summed E-state index contributed by atoms with van der Waals surface area (Å²) in [7, 11) is 1.52. The Balaban J connectivity index is 2.40.